The fraction of sp³-hybridized carbons (Fsp3) is 0.125. The second-order valence-electron chi connectivity index (χ2n) is 4.86. The lowest BCUT2D eigenvalue weighted by Crippen LogP contribution is -1.99. The smallest absolute Gasteiger partial charge is 0.307 e. The van der Waals surface area contributed by atoms with Gasteiger partial charge in [-0.3, -0.25) is 4.79 Å². The largest absolute Gasteiger partial charge is 0.481 e. The highest BCUT2D eigenvalue weighted by Gasteiger charge is 2.09. The maximum absolute atomic E-state index is 10.9. The summed E-state index contributed by atoms with van der Waals surface area (Å²) in [5.41, 5.74) is 4.95. The molecular weight excluding hydrogens is 252 g/mol. The van der Waals surface area contributed by atoms with Crippen LogP contribution in [0.15, 0.2) is 48.8 Å². The van der Waals surface area contributed by atoms with E-state index in [9.17, 15) is 4.79 Å². The van der Waals surface area contributed by atoms with Crippen LogP contribution in [0, 0.1) is 6.92 Å². The molecule has 0 fully saturated rings. The average Bonchev–Trinajstić information content (AvgIpc) is 2.80. The van der Waals surface area contributed by atoms with Crippen molar-refractivity contribution in [2.24, 2.45) is 0 Å². The number of aryl methyl sites for hydroxylation is 1. The monoisotopic (exact) mass is 266 g/mol. The Morgan fingerprint density at radius 1 is 1.25 bits per heavy atom. The zero-order chi connectivity index (χ0) is 14.1. The van der Waals surface area contributed by atoms with E-state index in [0.717, 1.165) is 22.2 Å². The van der Waals surface area contributed by atoms with Crippen molar-refractivity contribution in [2.75, 3.05) is 0 Å². The van der Waals surface area contributed by atoms with Crippen LogP contribution in [0.5, 0.6) is 0 Å². The van der Waals surface area contributed by atoms with Gasteiger partial charge in [-0.05, 0) is 30.2 Å². The van der Waals surface area contributed by atoms with Gasteiger partial charge >= 0.3 is 5.97 Å². The minimum absolute atomic E-state index is 0.0131. The number of benzene rings is 1. The second kappa shape index (κ2) is 4.81. The first-order chi connectivity index (χ1) is 9.63. The molecule has 0 radical (unpaired) electrons. The van der Waals surface area contributed by atoms with Crippen molar-refractivity contribution < 1.29 is 9.90 Å². The zero-order valence-corrected chi connectivity index (χ0v) is 11.1. The SMILES string of the molecule is Cc1cccc(-c2ccn3ncc(CC(=O)O)c3c2)c1. The van der Waals surface area contributed by atoms with Crippen molar-refractivity contribution in [3.8, 4) is 11.1 Å². The first kappa shape index (κ1) is 12.4. The Labute approximate surface area is 116 Å². The van der Waals surface area contributed by atoms with Gasteiger partial charge in [-0.15, -0.1) is 0 Å². The zero-order valence-electron chi connectivity index (χ0n) is 11.1. The van der Waals surface area contributed by atoms with E-state index >= 15 is 0 Å². The molecule has 0 saturated carbocycles. The molecule has 4 heteroatoms. The van der Waals surface area contributed by atoms with E-state index in [4.69, 9.17) is 5.11 Å². The first-order valence-corrected chi connectivity index (χ1v) is 6.38. The highest BCUT2D eigenvalue weighted by molar-refractivity contribution is 5.76. The normalized spacial score (nSPS) is 10.8. The molecule has 0 aliphatic carbocycles. The Morgan fingerprint density at radius 2 is 2.05 bits per heavy atom. The van der Waals surface area contributed by atoms with Crippen molar-refractivity contribution in [1.29, 1.82) is 0 Å². The standard InChI is InChI=1S/C16H14N2O2/c1-11-3-2-4-12(7-11)13-5-6-18-15(8-13)14(10-17-18)9-16(19)20/h2-8,10H,9H2,1H3,(H,19,20). The Morgan fingerprint density at radius 3 is 2.80 bits per heavy atom. The number of aromatic nitrogens is 2. The third kappa shape index (κ3) is 2.28. The molecule has 3 rings (SSSR count). The van der Waals surface area contributed by atoms with E-state index < -0.39 is 5.97 Å². The van der Waals surface area contributed by atoms with Crippen LogP contribution in [-0.4, -0.2) is 20.7 Å². The van der Waals surface area contributed by atoms with Gasteiger partial charge in [0.05, 0.1) is 18.1 Å². The van der Waals surface area contributed by atoms with Gasteiger partial charge in [-0.2, -0.15) is 5.10 Å². The van der Waals surface area contributed by atoms with E-state index in [1.54, 1.807) is 10.7 Å². The van der Waals surface area contributed by atoms with Crippen LogP contribution in [0.25, 0.3) is 16.6 Å². The van der Waals surface area contributed by atoms with Gasteiger partial charge in [-0.25, -0.2) is 4.52 Å². The maximum atomic E-state index is 10.9. The molecule has 0 atom stereocenters. The molecule has 2 heterocycles. The van der Waals surface area contributed by atoms with E-state index in [2.05, 4.69) is 24.2 Å². The van der Waals surface area contributed by atoms with Crippen molar-refractivity contribution in [3.63, 3.8) is 0 Å². The van der Waals surface area contributed by atoms with E-state index in [1.165, 1.54) is 5.56 Å². The number of pyridine rings is 1. The summed E-state index contributed by atoms with van der Waals surface area (Å²) in [5, 5.41) is 13.1. The summed E-state index contributed by atoms with van der Waals surface area (Å²) in [6.45, 7) is 2.05. The van der Waals surface area contributed by atoms with Crippen molar-refractivity contribution in [3.05, 3.63) is 59.9 Å². The van der Waals surface area contributed by atoms with Crippen LogP contribution in [-0.2, 0) is 11.2 Å². The number of hydrogen-bond acceptors (Lipinski definition) is 2. The van der Waals surface area contributed by atoms with Crippen LogP contribution >= 0.6 is 0 Å². The topological polar surface area (TPSA) is 54.6 Å². The van der Waals surface area contributed by atoms with Gasteiger partial charge in [0.15, 0.2) is 0 Å². The van der Waals surface area contributed by atoms with Gasteiger partial charge in [-0.1, -0.05) is 29.8 Å². The minimum Gasteiger partial charge on any atom is -0.481 e. The molecular formula is C16H14N2O2. The fourth-order valence-electron chi connectivity index (χ4n) is 2.33. The predicted molar refractivity (Wildman–Crippen MR) is 76.7 cm³/mol. The minimum atomic E-state index is -0.846. The van der Waals surface area contributed by atoms with Crippen LogP contribution in [0.2, 0.25) is 0 Å². The highest BCUT2D eigenvalue weighted by Crippen LogP contribution is 2.23. The quantitative estimate of drug-likeness (QED) is 0.793. The lowest BCUT2D eigenvalue weighted by atomic mass is 10.0. The van der Waals surface area contributed by atoms with Crippen molar-refractivity contribution >= 4 is 11.5 Å². The molecule has 2 aromatic heterocycles. The number of aliphatic carboxylic acids is 1. The molecule has 0 bridgehead atoms. The number of fused-ring (bicyclic) bond motifs is 1. The molecule has 4 nitrogen and oxygen atoms in total. The summed E-state index contributed by atoms with van der Waals surface area (Å²) in [6, 6.07) is 12.2. The van der Waals surface area contributed by atoms with Gasteiger partial charge in [0.25, 0.3) is 0 Å². The maximum Gasteiger partial charge on any atom is 0.307 e. The number of carbonyl (C=O) groups is 1. The number of hydrogen-bond donors (Lipinski definition) is 1. The molecule has 100 valence electrons. The number of carboxylic acid groups (broad SMARTS) is 1. The molecule has 0 saturated heterocycles. The molecule has 0 spiro atoms. The number of carboxylic acids is 1. The van der Waals surface area contributed by atoms with Crippen LogP contribution in [0.1, 0.15) is 11.1 Å². The van der Waals surface area contributed by atoms with Gasteiger partial charge in [0.1, 0.15) is 0 Å². The molecule has 1 aromatic carbocycles. The predicted octanol–water partition coefficient (Wildman–Crippen LogP) is 2.94. The Kier molecular flexibility index (Phi) is 2.99. The van der Waals surface area contributed by atoms with Crippen LogP contribution < -0.4 is 0 Å². The van der Waals surface area contributed by atoms with Gasteiger partial charge in [0, 0.05) is 11.8 Å². The lowest BCUT2D eigenvalue weighted by Gasteiger charge is -2.04. The van der Waals surface area contributed by atoms with E-state index in [0.29, 0.717) is 0 Å². The summed E-state index contributed by atoms with van der Waals surface area (Å²) >= 11 is 0. The van der Waals surface area contributed by atoms with Crippen molar-refractivity contribution in [1.82, 2.24) is 9.61 Å². The van der Waals surface area contributed by atoms with Gasteiger partial charge in [0.2, 0.25) is 0 Å². The molecule has 20 heavy (non-hydrogen) atoms. The summed E-state index contributed by atoms with van der Waals surface area (Å²) in [4.78, 5) is 10.9. The Balaban J connectivity index is 2.11. The summed E-state index contributed by atoms with van der Waals surface area (Å²) in [5.74, 6) is -0.846. The summed E-state index contributed by atoms with van der Waals surface area (Å²) in [6.07, 6.45) is 3.46. The van der Waals surface area contributed by atoms with Crippen molar-refractivity contribution in [2.45, 2.75) is 13.3 Å². The summed E-state index contributed by atoms with van der Waals surface area (Å²) in [7, 11) is 0. The average molecular weight is 266 g/mol. The second-order valence-corrected chi connectivity index (χ2v) is 4.86. The third-order valence-electron chi connectivity index (χ3n) is 3.29. The fourth-order valence-corrected chi connectivity index (χ4v) is 2.33. The number of rotatable bonds is 3. The molecule has 0 aliphatic rings. The lowest BCUT2D eigenvalue weighted by molar-refractivity contribution is -0.136. The van der Waals surface area contributed by atoms with Gasteiger partial charge < -0.3 is 5.11 Å². The molecule has 0 amide bonds. The molecule has 3 aromatic rings. The van der Waals surface area contributed by atoms with E-state index in [1.807, 2.05) is 30.5 Å². The molecule has 1 N–H and O–H groups in total. The van der Waals surface area contributed by atoms with E-state index in [-0.39, 0.29) is 6.42 Å². The molecule has 0 unspecified atom stereocenters. The number of nitrogens with zero attached hydrogens (tertiary/aromatic N) is 2. The summed E-state index contributed by atoms with van der Waals surface area (Å²) < 4.78 is 1.71. The Hall–Kier alpha value is -2.62. The first-order valence-electron chi connectivity index (χ1n) is 6.38. The molecule has 0 aliphatic heterocycles. The van der Waals surface area contributed by atoms with Crippen LogP contribution in [0.4, 0.5) is 0 Å². The third-order valence-corrected chi connectivity index (χ3v) is 3.29. The Bertz CT molecular complexity index is 790. The van der Waals surface area contributed by atoms with Crippen LogP contribution in [0.3, 0.4) is 0 Å². The highest BCUT2D eigenvalue weighted by atomic mass is 16.4.